The number of hydrogen-bond acceptors (Lipinski definition) is 1. The van der Waals surface area contributed by atoms with Crippen LogP contribution in [0.2, 0.25) is 0 Å². The lowest BCUT2D eigenvalue weighted by atomic mass is 9.79. The highest BCUT2D eigenvalue weighted by atomic mass is 14.7. The van der Waals surface area contributed by atoms with Crippen molar-refractivity contribution in [1.82, 2.24) is 4.98 Å². The molecule has 146 valence electrons. The number of fused-ring (bicyclic) bond motifs is 6. The van der Waals surface area contributed by atoms with Crippen molar-refractivity contribution >= 4 is 10.9 Å². The van der Waals surface area contributed by atoms with Gasteiger partial charge >= 0.3 is 0 Å². The van der Waals surface area contributed by atoms with E-state index in [-0.39, 0.29) is 5.41 Å². The van der Waals surface area contributed by atoms with Crippen LogP contribution in [0.15, 0.2) is 91.0 Å². The Labute approximate surface area is 182 Å². The van der Waals surface area contributed by atoms with Gasteiger partial charge in [-0.05, 0) is 56.6 Å². The van der Waals surface area contributed by atoms with Crippen LogP contribution in [0.25, 0.3) is 55.5 Å². The summed E-state index contributed by atoms with van der Waals surface area (Å²) in [6, 6.07) is 33.1. The first-order valence-corrected chi connectivity index (χ1v) is 10.9. The molecule has 0 amide bonds. The summed E-state index contributed by atoms with van der Waals surface area (Å²) in [5.74, 6) is 0. The minimum absolute atomic E-state index is 0.0563. The largest absolute Gasteiger partial charge is 0.248 e. The van der Waals surface area contributed by atoms with Crippen LogP contribution in [0.4, 0.5) is 0 Å². The quantitative estimate of drug-likeness (QED) is 0.276. The molecule has 1 heteroatoms. The summed E-state index contributed by atoms with van der Waals surface area (Å²) in [6.07, 6.45) is 0. The third-order valence-corrected chi connectivity index (χ3v) is 7.20. The zero-order valence-corrected chi connectivity index (χ0v) is 17.6. The van der Waals surface area contributed by atoms with Gasteiger partial charge in [0.25, 0.3) is 0 Å². The fourth-order valence-corrected chi connectivity index (χ4v) is 5.88. The minimum Gasteiger partial charge on any atom is -0.248 e. The smallest absolute Gasteiger partial charge is 0.0722 e. The summed E-state index contributed by atoms with van der Waals surface area (Å²) in [6.45, 7) is 4.68. The van der Waals surface area contributed by atoms with Gasteiger partial charge in [-0.25, -0.2) is 4.98 Å². The summed E-state index contributed by atoms with van der Waals surface area (Å²) in [5.41, 5.74) is 14.0. The van der Waals surface area contributed by atoms with Gasteiger partial charge in [0, 0.05) is 16.4 Å². The lowest BCUT2D eigenvalue weighted by Gasteiger charge is -2.24. The Kier molecular flexibility index (Phi) is 3.13. The summed E-state index contributed by atoms with van der Waals surface area (Å²) in [4.78, 5) is 5.20. The van der Waals surface area contributed by atoms with Crippen LogP contribution in [-0.2, 0) is 5.41 Å². The summed E-state index contributed by atoms with van der Waals surface area (Å²) >= 11 is 0. The monoisotopic (exact) mass is 395 g/mol. The fraction of sp³-hybridized carbons (Fsp3) is 0.100. The molecule has 5 aromatic rings. The van der Waals surface area contributed by atoms with Crippen molar-refractivity contribution in [2.24, 2.45) is 0 Å². The van der Waals surface area contributed by atoms with Crippen LogP contribution in [0.5, 0.6) is 0 Å². The van der Waals surface area contributed by atoms with Crippen LogP contribution in [0.1, 0.15) is 25.0 Å². The molecular formula is C30H21N. The van der Waals surface area contributed by atoms with Gasteiger partial charge in [0.05, 0.1) is 11.2 Å². The van der Waals surface area contributed by atoms with Crippen molar-refractivity contribution in [3.63, 3.8) is 0 Å². The Morgan fingerprint density at radius 2 is 1.16 bits per heavy atom. The van der Waals surface area contributed by atoms with E-state index in [1.54, 1.807) is 0 Å². The van der Waals surface area contributed by atoms with Gasteiger partial charge in [0.2, 0.25) is 0 Å². The van der Waals surface area contributed by atoms with Gasteiger partial charge in [0.15, 0.2) is 0 Å². The summed E-state index contributed by atoms with van der Waals surface area (Å²) < 4.78 is 0. The second-order valence-corrected chi connectivity index (χ2v) is 9.20. The van der Waals surface area contributed by atoms with Gasteiger partial charge in [-0.2, -0.15) is 0 Å². The van der Waals surface area contributed by atoms with E-state index in [1.807, 2.05) is 0 Å². The molecule has 0 fully saturated rings. The SMILES string of the molecule is CC1(C)c2ccccc2-c2cccc(-c3cc4c5c(cccc5n3)-c3ccccc3-4)c21. The van der Waals surface area contributed by atoms with E-state index in [2.05, 4.69) is 105 Å². The first kappa shape index (κ1) is 17.0. The third-order valence-electron chi connectivity index (χ3n) is 7.20. The Morgan fingerprint density at radius 3 is 2.00 bits per heavy atom. The Morgan fingerprint density at radius 1 is 0.548 bits per heavy atom. The molecule has 1 heterocycles. The first-order valence-electron chi connectivity index (χ1n) is 10.9. The normalized spacial score (nSPS) is 14.4. The zero-order valence-electron chi connectivity index (χ0n) is 17.6. The molecular weight excluding hydrogens is 374 g/mol. The molecule has 0 atom stereocenters. The highest BCUT2D eigenvalue weighted by Gasteiger charge is 2.37. The predicted molar refractivity (Wildman–Crippen MR) is 129 cm³/mol. The van der Waals surface area contributed by atoms with Crippen LogP contribution in [0, 0.1) is 0 Å². The molecule has 1 aromatic heterocycles. The number of pyridine rings is 1. The van der Waals surface area contributed by atoms with E-state index in [0.717, 1.165) is 11.2 Å². The van der Waals surface area contributed by atoms with Crippen LogP contribution >= 0.6 is 0 Å². The highest BCUT2D eigenvalue weighted by Crippen LogP contribution is 2.53. The van der Waals surface area contributed by atoms with Crippen LogP contribution < -0.4 is 0 Å². The number of aromatic nitrogens is 1. The minimum atomic E-state index is -0.0563. The fourth-order valence-electron chi connectivity index (χ4n) is 5.88. The van der Waals surface area contributed by atoms with Gasteiger partial charge in [0.1, 0.15) is 0 Å². The lowest BCUT2D eigenvalue weighted by molar-refractivity contribution is 0.662. The molecule has 31 heavy (non-hydrogen) atoms. The van der Waals surface area contributed by atoms with Crippen LogP contribution in [-0.4, -0.2) is 4.98 Å². The molecule has 0 saturated carbocycles. The molecule has 7 rings (SSSR count). The molecule has 0 spiro atoms. The van der Waals surface area contributed by atoms with E-state index >= 15 is 0 Å². The third kappa shape index (κ3) is 2.08. The molecule has 0 saturated heterocycles. The number of nitrogens with zero attached hydrogens (tertiary/aromatic N) is 1. The second-order valence-electron chi connectivity index (χ2n) is 9.20. The Hall–Kier alpha value is -3.71. The highest BCUT2D eigenvalue weighted by molar-refractivity contribution is 6.15. The van der Waals surface area contributed by atoms with E-state index < -0.39 is 0 Å². The van der Waals surface area contributed by atoms with Crippen molar-refractivity contribution in [2.45, 2.75) is 19.3 Å². The maximum Gasteiger partial charge on any atom is 0.0722 e. The number of hydrogen-bond donors (Lipinski definition) is 0. The molecule has 2 aliphatic carbocycles. The molecule has 0 N–H and O–H groups in total. The second kappa shape index (κ2) is 5.70. The van der Waals surface area contributed by atoms with E-state index in [1.165, 1.54) is 55.5 Å². The maximum absolute atomic E-state index is 5.20. The molecule has 2 aliphatic rings. The average molecular weight is 396 g/mol. The van der Waals surface area contributed by atoms with E-state index in [9.17, 15) is 0 Å². The summed E-state index contributed by atoms with van der Waals surface area (Å²) in [5, 5.41) is 1.28. The van der Waals surface area contributed by atoms with Gasteiger partial charge < -0.3 is 0 Å². The Balaban J connectivity index is 1.55. The molecule has 0 aliphatic heterocycles. The average Bonchev–Trinajstić information content (AvgIpc) is 3.25. The van der Waals surface area contributed by atoms with Crippen LogP contribution in [0.3, 0.4) is 0 Å². The number of rotatable bonds is 1. The standard InChI is InChI=1S/C30H21N/c1-30(2)25-15-6-5-11-20(25)22-13-7-14-23(29(22)30)27-17-24-19-10-4-3-9-18(19)21-12-8-16-26(31-27)28(21)24/h3-17H,1-2H3. The van der Waals surface area contributed by atoms with Crippen molar-refractivity contribution in [3.05, 3.63) is 102 Å². The van der Waals surface area contributed by atoms with Gasteiger partial charge in [-0.1, -0.05) is 92.7 Å². The molecule has 4 aromatic carbocycles. The predicted octanol–water partition coefficient (Wildman–Crippen LogP) is 7.86. The Bertz CT molecular complexity index is 1550. The first-order chi connectivity index (χ1) is 15.1. The van der Waals surface area contributed by atoms with Crippen molar-refractivity contribution in [3.8, 4) is 44.6 Å². The molecule has 0 unspecified atom stereocenters. The number of benzene rings is 4. The van der Waals surface area contributed by atoms with Crippen molar-refractivity contribution < 1.29 is 0 Å². The zero-order chi connectivity index (χ0) is 20.7. The molecule has 1 nitrogen and oxygen atoms in total. The van der Waals surface area contributed by atoms with E-state index in [0.29, 0.717) is 0 Å². The topological polar surface area (TPSA) is 12.9 Å². The van der Waals surface area contributed by atoms with Gasteiger partial charge in [-0.15, -0.1) is 0 Å². The molecule has 0 radical (unpaired) electrons. The maximum atomic E-state index is 5.20. The van der Waals surface area contributed by atoms with E-state index in [4.69, 9.17) is 4.98 Å². The summed E-state index contributed by atoms with van der Waals surface area (Å²) in [7, 11) is 0. The van der Waals surface area contributed by atoms with Crippen molar-refractivity contribution in [2.75, 3.05) is 0 Å². The van der Waals surface area contributed by atoms with Gasteiger partial charge in [-0.3, -0.25) is 0 Å². The molecule has 0 bridgehead atoms. The van der Waals surface area contributed by atoms with Crippen molar-refractivity contribution in [1.29, 1.82) is 0 Å². The lowest BCUT2D eigenvalue weighted by Crippen LogP contribution is -2.16.